The Labute approximate surface area is 167 Å². The molecule has 0 bridgehead atoms. The lowest BCUT2D eigenvalue weighted by Gasteiger charge is -2.20. The van der Waals surface area contributed by atoms with E-state index in [2.05, 4.69) is 0 Å². The zero-order chi connectivity index (χ0) is 21.0. The summed E-state index contributed by atoms with van der Waals surface area (Å²) in [6, 6.07) is 8.17. The number of amides is 1. The second-order valence-corrected chi connectivity index (χ2v) is 6.55. The Balaban J connectivity index is 1.91. The van der Waals surface area contributed by atoms with Gasteiger partial charge in [0.25, 0.3) is 11.6 Å². The summed E-state index contributed by atoms with van der Waals surface area (Å²) in [6.45, 7) is 2.28. The molecule has 0 saturated heterocycles. The van der Waals surface area contributed by atoms with Gasteiger partial charge < -0.3 is 23.8 Å². The predicted octanol–water partition coefficient (Wildman–Crippen LogP) is 3.02. The molecule has 9 nitrogen and oxygen atoms in total. The van der Waals surface area contributed by atoms with E-state index in [0.717, 1.165) is 11.1 Å². The molecule has 1 aliphatic heterocycles. The van der Waals surface area contributed by atoms with E-state index in [9.17, 15) is 14.9 Å². The van der Waals surface area contributed by atoms with Crippen LogP contribution in [-0.2, 0) is 22.6 Å². The number of nitro groups is 1. The Morgan fingerprint density at radius 2 is 1.79 bits per heavy atom. The molecule has 0 atom stereocenters. The van der Waals surface area contributed by atoms with Crippen LogP contribution in [0.5, 0.6) is 11.5 Å². The summed E-state index contributed by atoms with van der Waals surface area (Å²) in [6.07, 6.45) is 0. The van der Waals surface area contributed by atoms with Crippen molar-refractivity contribution in [3.05, 3.63) is 62.7 Å². The zero-order valence-corrected chi connectivity index (χ0v) is 16.5. The summed E-state index contributed by atoms with van der Waals surface area (Å²) in [7, 11) is 2.99. The van der Waals surface area contributed by atoms with Gasteiger partial charge in [0, 0.05) is 32.9 Å². The third-order valence-corrected chi connectivity index (χ3v) is 4.61. The molecule has 0 N–H and O–H groups in total. The maximum atomic E-state index is 13.2. The van der Waals surface area contributed by atoms with Crippen LogP contribution in [-0.4, -0.2) is 43.5 Å². The molecule has 3 rings (SSSR count). The third-order valence-electron chi connectivity index (χ3n) is 4.61. The van der Waals surface area contributed by atoms with Crippen LogP contribution in [0.15, 0.2) is 30.3 Å². The van der Waals surface area contributed by atoms with E-state index in [1.165, 1.54) is 20.3 Å². The van der Waals surface area contributed by atoms with Gasteiger partial charge in [0.15, 0.2) is 13.6 Å². The molecule has 29 heavy (non-hydrogen) atoms. The first kappa shape index (κ1) is 20.6. The number of aryl methyl sites for hydroxylation is 1. The molecule has 0 fully saturated rings. The maximum absolute atomic E-state index is 13.2. The Kier molecular flexibility index (Phi) is 6.30. The van der Waals surface area contributed by atoms with Crippen molar-refractivity contribution >= 4 is 11.6 Å². The second-order valence-electron chi connectivity index (χ2n) is 6.55. The predicted molar refractivity (Wildman–Crippen MR) is 103 cm³/mol. The van der Waals surface area contributed by atoms with Crippen LogP contribution in [0.25, 0.3) is 0 Å². The lowest BCUT2D eigenvalue weighted by molar-refractivity contribution is -0.385. The van der Waals surface area contributed by atoms with Crippen LogP contribution >= 0.6 is 0 Å². The molecule has 0 saturated carbocycles. The van der Waals surface area contributed by atoms with Gasteiger partial charge in [-0.3, -0.25) is 14.9 Å². The fourth-order valence-corrected chi connectivity index (χ4v) is 3.25. The van der Waals surface area contributed by atoms with E-state index in [0.29, 0.717) is 29.2 Å². The van der Waals surface area contributed by atoms with Gasteiger partial charge in [-0.15, -0.1) is 0 Å². The van der Waals surface area contributed by atoms with Gasteiger partial charge in [0.2, 0.25) is 0 Å². The molecule has 154 valence electrons. The first-order valence-electron chi connectivity index (χ1n) is 8.88. The zero-order valence-electron chi connectivity index (χ0n) is 16.5. The molecule has 0 radical (unpaired) electrons. The number of rotatable bonds is 8. The highest BCUT2D eigenvalue weighted by Crippen LogP contribution is 2.35. The van der Waals surface area contributed by atoms with Gasteiger partial charge >= 0.3 is 0 Å². The highest BCUT2D eigenvalue weighted by Gasteiger charge is 2.31. The first-order valence-corrected chi connectivity index (χ1v) is 8.88. The number of nitrogens with zero attached hydrogens (tertiary/aromatic N) is 2. The second kappa shape index (κ2) is 8.89. The average molecular weight is 402 g/mol. The molecule has 2 aromatic carbocycles. The highest BCUT2D eigenvalue weighted by molar-refractivity contribution is 5.98. The molecule has 0 aliphatic carbocycles. The summed E-state index contributed by atoms with van der Waals surface area (Å²) in [5, 5.41) is 11.3. The molecule has 1 heterocycles. The summed E-state index contributed by atoms with van der Waals surface area (Å²) < 4.78 is 21.0. The normalized spacial score (nSPS) is 12.6. The van der Waals surface area contributed by atoms with Gasteiger partial charge in [-0.2, -0.15) is 0 Å². The largest absolute Gasteiger partial charge is 0.467 e. The lowest BCUT2D eigenvalue weighted by atomic mass is 10.1. The number of hydrogen-bond donors (Lipinski definition) is 0. The molecule has 2 aromatic rings. The van der Waals surface area contributed by atoms with Crippen LogP contribution in [0.2, 0.25) is 0 Å². The molecule has 0 aromatic heterocycles. The van der Waals surface area contributed by atoms with Crippen molar-refractivity contribution < 1.29 is 28.7 Å². The minimum Gasteiger partial charge on any atom is -0.467 e. The Hall–Kier alpha value is -3.17. The van der Waals surface area contributed by atoms with Crippen molar-refractivity contribution in [1.29, 1.82) is 0 Å². The Bertz CT molecular complexity index is 929. The fraction of sp³-hybridized carbons (Fsp3) is 0.350. The summed E-state index contributed by atoms with van der Waals surface area (Å²) in [5.74, 6) is 0.539. The summed E-state index contributed by atoms with van der Waals surface area (Å²) in [5.41, 5.74) is 2.41. The number of ether oxygens (including phenoxy) is 4. The SMILES string of the molecule is COCOc1cc(OCOC)c(C(=O)N2Cc3cccc([N+](=O)[O-])c3C2)cc1C. The molecular weight excluding hydrogens is 380 g/mol. The fourth-order valence-electron chi connectivity index (χ4n) is 3.25. The van der Waals surface area contributed by atoms with Gasteiger partial charge in [0.1, 0.15) is 11.5 Å². The minimum absolute atomic E-state index is 0.0214. The van der Waals surface area contributed by atoms with Crippen molar-refractivity contribution in [3.8, 4) is 11.5 Å². The Morgan fingerprint density at radius 3 is 2.45 bits per heavy atom. The summed E-state index contributed by atoms with van der Waals surface area (Å²) in [4.78, 5) is 25.7. The van der Waals surface area contributed by atoms with E-state index < -0.39 is 4.92 Å². The smallest absolute Gasteiger partial charge is 0.274 e. The highest BCUT2D eigenvalue weighted by atomic mass is 16.7. The number of nitro benzene ring substituents is 1. The Morgan fingerprint density at radius 1 is 1.10 bits per heavy atom. The molecule has 1 amide bonds. The minimum atomic E-state index is -0.425. The monoisotopic (exact) mass is 402 g/mol. The van der Waals surface area contributed by atoms with Gasteiger partial charge in [-0.05, 0) is 24.1 Å². The third kappa shape index (κ3) is 4.30. The standard InChI is InChI=1S/C20H22N2O7/c1-13-7-15(19(29-12-27-3)8-18(13)28-11-26-2)20(23)21-9-14-5-4-6-17(22(24)25)16(14)10-21/h4-8H,9-12H2,1-3H3. The molecule has 9 heteroatoms. The van der Waals surface area contributed by atoms with Crippen molar-refractivity contribution in [1.82, 2.24) is 4.90 Å². The molecule has 0 spiro atoms. The van der Waals surface area contributed by atoms with Crippen LogP contribution < -0.4 is 9.47 Å². The van der Waals surface area contributed by atoms with E-state index >= 15 is 0 Å². The number of methoxy groups -OCH3 is 2. The van der Waals surface area contributed by atoms with E-state index in [1.54, 1.807) is 29.2 Å². The van der Waals surface area contributed by atoms with E-state index in [1.807, 2.05) is 6.92 Å². The number of carbonyl (C=O) groups is 1. The number of benzene rings is 2. The molecule has 1 aliphatic rings. The average Bonchev–Trinajstić information content (AvgIpc) is 3.15. The van der Waals surface area contributed by atoms with Crippen LogP contribution in [0.3, 0.4) is 0 Å². The maximum Gasteiger partial charge on any atom is 0.274 e. The van der Waals surface area contributed by atoms with E-state index in [-0.39, 0.29) is 31.7 Å². The summed E-state index contributed by atoms with van der Waals surface area (Å²) >= 11 is 0. The van der Waals surface area contributed by atoms with Gasteiger partial charge in [-0.25, -0.2) is 0 Å². The first-order chi connectivity index (χ1) is 14.0. The van der Waals surface area contributed by atoms with Gasteiger partial charge in [-0.1, -0.05) is 12.1 Å². The van der Waals surface area contributed by atoms with Crippen molar-refractivity contribution in [2.45, 2.75) is 20.0 Å². The van der Waals surface area contributed by atoms with Gasteiger partial charge in [0.05, 0.1) is 22.6 Å². The van der Waals surface area contributed by atoms with Crippen LogP contribution in [0, 0.1) is 17.0 Å². The number of carbonyl (C=O) groups excluding carboxylic acids is 1. The van der Waals surface area contributed by atoms with E-state index in [4.69, 9.17) is 18.9 Å². The van der Waals surface area contributed by atoms with Crippen molar-refractivity contribution in [3.63, 3.8) is 0 Å². The topological polar surface area (TPSA) is 100 Å². The quantitative estimate of drug-likeness (QED) is 0.380. The van der Waals surface area contributed by atoms with Crippen LogP contribution in [0.4, 0.5) is 5.69 Å². The van der Waals surface area contributed by atoms with Crippen molar-refractivity contribution in [2.24, 2.45) is 0 Å². The number of fused-ring (bicyclic) bond motifs is 1. The molecular formula is C20H22N2O7. The van der Waals surface area contributed by atoms with Crippen LogP contribution in [0.1, 0.15) is 27.0 Å². The molecule has 0 unspecified atom stereocenters. The number of hydrogen-bond acceptors (Lipinski definition) is 7. The lowest BCUT2D eigenvalue weighted by Crippen LogP contribution is -2.26. The van der Waals surface area contributed by atoms with Crippen molar-refractivity contribution in [2.75, 3.05) is 27.8 Å².